The number of benzene rings is 2. The van der Waals surface area contributed by atoms with Gasteiger partial charge in [-0.2, -0.15) is 0 Å². The molecule has 0 aromatic heterocycles. The molecule has 0 N–H and O–H groups in total. The molecule has 2 aromatic carbocycles. The summed E-state index contributed by atoms with van der Waals surface area (Å²) in [5, 5.41) is 0. The third kappa shape index (κ3) is 9.23. The molecule has 3 nitrogen and oxygen atoms in total. The minimum Gasteiger partial charge on any atom is -0.744 e. The van der Waals surface area contributed by atoms with Crippen molar-refractivity contribution in [3.8, 4) is 11.1 Å². The fourth-order valence-corrected chi connectivity index (χ4v) is 4.61. The first-order valence-corrected chi connectivity index (χ1v) is 12.5. The molecule has 0 saturated heterocycles. The number of rotatable bonds is 13. The van der Waals surface area contributed by atoms with E-state index in [2.05, 4.69) is 6.92 Å². The SMILES string of the molecule is CCCCCCCCCCCCc1c(-c2ccc(C)cc2)cccc1S(=O)(=O)[O-].[Na+]. The summed E-state index contributed by atoms with van der Waals surface area (Å²) in [5.74, 6) is 0. The zero-order chi connectivity index (χ0) is 21.1. The molecule has 0 heterocycles. The van der Waals surface area contributed by atoms with Crippen molar-refractivity contribution in [3.63, 3.8) is 0 Å². The minimum atomic E-state index is -4.48. The van der Waals surface area contributed by atoms with E-state index in [9.17, 15) is 13.0 Å². The number of hydrogen-bond donors (Lipinski definition) is 0. The van der Waals surface area contributed by atoms with Gasteiger partial charge in [0.05, 0.1) is 4.90 Å². The second kappa shape index (κ2) is 14.4. The average Bonchev–Trinajstić information content (AvgIpc) is 2.69. The van der Waals surface area contributed by atoms with Crippen LogP contribution in [-0.2, 0) is 16.5 Å². The van der Waals surface area contributed by atoms with E-state index >= 15 is 0 Å². The average molecular weight is 439 g/mol. The van der Waals surface area contributed by atoms with E-state index in [1.54, 1.807) is 6.07 Å². The smallest absolute Gasteiger partial charge is 0.744 e. The monoisotopic (exact) mass is 438 g/mol. The van der Waals surface area contributed by atoms with Gasteiger partial charge in [-0.1, -0.05) is 107 Å². The van der Waals surface area contributed by atoms with Gasteiger partial charge in [0.25, 0.3) is 0 Å². The van der Waals surface area contributed by atoms with Crippen LogP contribution >= 0.6 is 0 Å². The molecular weight excluding hydrogens is 403 g/mol. The van der Waals surface area contributed by atoms with Gasteiger partial charge in [-0.3, -0.25) is 0 Å². The van der Waals surface area contributed by atoms with E-state index in [1.165, 1.54) is 57.4 Å². The molecule has 30 heavy (non-hydrogen) atoms. The third-order valence-corrected chi connectivity index (χ3v) is 6.47. The van der Waals surface area contributed by atoms with Crippen LogP contribution in [0.25, 0.3) is 11.1 Å². The Morgan fingerprint density at radius 3 is 1.83 bits per heavy atom. The van der Waals surface area contributed by atoms with Gasteiger partial charge in [0.2, 0.25) is 0 Å². The van der Waals surface area contributed by atoms with Crippen molar-refractivity contribution < 1.29 is 42.5 Å². The summed E-state index contributed by atoms with van der Waals surface area (Å²) in [7, 11) is -4.48. The summed E-state index contributed by atoms with van der Waals surface area (Å²) in [6.45, 7) is 4.26. The van der Waals surface area contributed by atoms with E-state index in [0.29, 0.717) is 12.0 Å². The van der Waals surface area contributed by atoms with Crippen molar-refractivity contribution in [3.05, 3.63) is 53.6 Å². The van der Waals surface area contributed by atoms with Gasteiger partial charge < -0.3 is 4.55 Å². The summed E-state index contributed by atoms with van der Waals surface area (Å²) in [6.07, 6.45) is 12.9. The molecule has 2 rings (SSSR count). The summed E-state index contributed by atoms with van der Waals surface area (Å²) in [6, 6.07) is 13.1. The maximum Gasteiger partial charge on any atom is 1.00 e. The molecule has 0 radical (unpaired) electrons. The molecule has 0 aliphatic heterocycles. The topological polar surface area (TPSA) is 57.2 Å². The zero-order valence-corrected chi connectivity index (χ0v) is 21.8. The summed E-state index contributed by atoms with van der Waals surface area (Å²) >= 11 is 0. The van der Waals surface area contributed by atoms with Gasteiger partial charge in [-0.05, 0) is 42.5 Å². The molecule has 0 aliphatic rings. The van der Waals surface area contributed by atoms with Crippen LogP contribution in [0.4, 0.5) is 0 Å². The molecule has 0 aliphatic carbocycles. The Morgan fingerprint density at radius 1 is 0.767 bits per heavy atom. The fraction of sp³-hybridized carbons (Fsp3) is 0.520. The molecule has 0 unspecified atom stereocenters. The van der Waals surface area contributed by atoms with E-state index in [4.69, 9.17) is 0 Å². The fourth-order valence-electron chi connectivity index (χ4n) is 3.85. The van der Waals surface area contributed by atoms with Crippen molar-refractivity contribution in [2.24, 2.45) is 0 Å². The third-order valence-electron chi connectivity index (χ3n) is 5.55. The predicted molar refractivity (Wildman–Crippen MR) is 120 cm³/mol. The maximum atomic E-state index is 11.8. The minimum absolute atomic E-state index is 0. The molecule has 0 spiro atoms. The van der Waals surface area contributed by atoms with Gasteiger partial charge in [-0.15, -0.1) is 0 Å². The van der Waals surface area contributed by atoms with Crippen LogP contribution in [0, 0.1) is 6.92 Å². The second-order valence-electron chi connectivity index (χ2n) is 8.03. The zero-order valence-electron chi connectivity index (χ0n) is 19.0. The van der Waals surface area contributed by atoms with E-state index in [-0.39, 0.29) is 34.5 Å². The Morgan fingerprint density at radius 2 is 1.30 bits per heavy atom. The molecule has 160 valence electrons. The quantitative estimate of drug-likeness (QED) is 0.269. The van der Waals surface area contributed by atoms with Crippen LogP contribution in [0.2, 0.25) is 0 Å². The summed E-state index contributed by atoms with van der Waals surface area (Å²) < 4.78 is 35.5. The van der Waals surface area contributed by atoms with E-state index in [0.717, 1.165) is 29.5 Å². The molecule has 0 amide bonds. The van der Waals surface area contributed by atoms with Crippen LogP contribution in [0.1, 0.15) is 82.3 Å². The van der Waals surface area contributed by atoms with Crippen LogP contribution in [0.3, 0.4) is 0 Å². The number of unbranched alkanes of at least 4 members (excludes halogenated alkanes) is 9. The van der Waals surface area contributed by atoms with Crippen molar-refractivity contribution in [2.45, 2.75) is 89.4 Å². The van der Waals surface area contributed by atoms with Gasteiger partial charge in [0.15, 0.2) is 0 Å². The Kier molecular flexibility index (Phi) is 13.2. The Bertz CT molecular complexity index is 845. The van der Waals surface area contributed by atoms with Crippen LogP contribution in [0.5, 0.6) is 0 Å². The largest absolute Gasteiger partial charge is 1.00 e. The van der Waals surface area contributed by atoms with Gasteiger partial charge in [0, 0.05) is 0 Å². The molecule has 0 bridgehead atoms. The van der Waals surface area contributed by atoms with Crippen LogP contribution < -0.4 is 29.6 Å². The van der Waals surface area contributed by atoms with Gasteiger partial charge in [0.1, 0.15) is 10.1 Å². The Balaban J connectivity index is 0.00000450. The van der Waals surface area contributed by atoms with Gasteiger partial charge in [-0.25, -0.2) is 8.42 Å². The molecule has 0 fully saturated rings. The molecule has 0 saturated carbocycles. The van der Waals surface area contributed by atoms with Crippen molar-refractivity contribution >= 4 is 10.1 Å². The standard InChI is InChI=1S/C25H36O3S.Na/c1-3-4-5-6-7-8-9-10-11-12-14-24-23(22-19-17-21(2)18-20-22)15-13-16-25(24)29(26,27)28;/h13,15-20H,3-12,14H2,1-2H3,(H,26,27,28);/q;+1/p-1. The summed E-state index contributed by atoms with van der Waals surface area (Å²) in [5.41, 5.74) is 3.64. The van der Waals surface area contributed by atoms with E-state index in [1.807, 2.05) is 37.3 Å². The van der Waals surface area contributed by atoms with Crippen molar-refractivity contribution in [1.29, 1.82) is 0 Å². The first-order valence-electron chi connectivity index (χ1n) is 11.1. The molecule has 5 heteroatoms. The van der Waals surface area contributed by atoms with Crippen LogP contribution in [-0.4, -0.2) is 13.0 Å². The normalized spacial score (nSPS) is 11.3. The first kappa shape index (κ1) is 27.4. The Hall–Kier alpha value is -0.650. The van der Waals surface area contributed by atoms with Crippen molar-refractivity contribution in [1.82, 2.24) is 0 Å². The first-order chi connectivity index (χ1) is 13.9. The number of aryl methyl sites for hydroxylation is 1. The van der Waals surface area contributed by atoms with Crippen molar-refractivity contribution in [2.75, 3.05) is 0 Å². The van der Waals surface area contributed by atoms with Crippen LogP contribution in [0.15, 0.2) is 47.4 Å². The van der Waals surface area contributed by atoms with E-state index < -0.39 is 10.1 Å². The number of hydrogen-bond acceptors (Lipinski definition) is 3. The molecule has 2 aromatic rings. The molecular formula is C25H35NaO3S. The maximum absolute atomic E-state index is 11.8. The summed E-state index contributed by atoms with van der Waals surface area (Å²) in [4.78, 5) is -0.0634. The predicted octanol–water partition coefficient (Wildman–Crippen LogP) is 4.03. The molecule has 0 atom stereocenters. The van der Waals surface area contributed by atoms with Gasteiger partial charge >= 0.3 is 29.6 Å². The Labute approximate surface area is 205 Å². The second-order valence-corrected chi connectivity index (χ2v) is 9.38.